The van der Waals surface area contributed by atoms with Crippen molar-refractivity contribution in [2.45, 2.75) is 32.6 Å². The van der Waals surface area contributed by atoms with Crippen molar-refractivity contribution >= 4 is 17.3 Å². The number of nitro groups is 1. The SMILES string of the molecule is CCCCCC(=O)Nc1ccc(-c2nnc(-c3ccc([N+](=O)[O-])cc3)o2)cc1. The highest BCUT2D eigenvalue weighted by Gasteiger charge is 2.12. The molecule has 1 amide bonds. The standard InChI is InChI=1S/C20H20N4O4/c1-2-3-4-5-18(25)21-16-10-6-14(7-11-16)19-22-23-20(28-19)15-8-12-17(13-9-15)24(26)27/h6-13H,2-5H2,1H3,(H,21,25). The van der Waals surface area contributed by atoms with E-state index in [-0.39, 0.29) is 17.5 Å². The van der Waals surface area contributed by atoms with Crippen molar-refractivity contribution in [2.24, 2.45) is 0 Å². The summed E-state index contributed by atoms with van der Waals surface area (Å²) in [5.41, 5.74) is 2.01. The van der Waals surface area contributed by atoms with Gasteiger partial charge in [0.05, 0.1) is 4.92 Å². The Morgan fingerprint density at radius 2 is 1.57 bits per heavy atom. The topological polar surface area (TPSA) is 111 Å². The lowest BCUT2D eigenvalue weighted by atomic mass is 10.2. The molecule has 3 rings (SSSR count). The first kappa shape index (κ1) is 19.2. The number of carbonyl (C=O) groups excluding carboxylic acids is 1. The summed E-state index contributed by atoms with van der Waals surface area (Å²) in [5, 5.41) is 21.6. The number of nitrogens with one attached hydrogen (secondary N) is 1. The van der Waals surface area contributed by atoms with Crippen molar-refractivity contribution in [3.8, 4) is 22.9 Å². The minimum Gasteiger partial charge on any atom is -0.416 e. The Morgan fingerprint density at radius 1 is 1.00 bits per heavy atom. The molecule has 1 heterocycles. The minimum atomic E-state index is -0.465. The van der Waals surface area contributed by atoms with Gasteiger partial charge in [-0.15, -0.1) is 10.2 Å². The molecule has 8 nitrogen and oxygen atoms in total. The van der Waals surface area contributed by atoms with Crippen LogP contribution in [0.5, 0.6) is 0 Å². The van der Waals surface area contributed by atoms with Crippen molar-refractivity contribution in [3.63, 3.8) is 0 Å². The second kappa shape index (κ2) is 8.90. The molecule has 0 aliphatic carbocycles. The molecular weight excluding hydrogens is 360 g/mol. The molecule has 0 saturated carbocycles. The van der Waals surface area contributed by atoms with Gasteiger partial charge in [-0.1, -0.05) is 19.8 Å². The lowest BCUT2D eigenvalue weighted by molar-refractivity contribution is -0.384. The second-order valence-electron chi connectivity index (χ2n) is 6.30. The third-order valence-corrected chi connectivity index (χ3v) is 4.17. The maximum absolute atomic E-state index is 11.9. The van der Waals surface area contributed by atoms with Gasteiger partial charge in [0.25, 0.3) is 5.69 Å². The fraction of sp³-hybridized carbons (Fsp3) is 0.250. The predicted octanol–water partition coefficient (Wildman–Crippen LogP) is 4.83. The molecule has 0 unspecified atom stereocenters. The molecule has 1 aromatic heterocycles. The average Bonchev–Trinajstić information content (AvgIpc) is 3.19. The van der Waals surface area contributed by atoms with Crippen LogP contribution in [-0.2, 0) is 4.79 Å². The third kappa shape index (κ3) is 4.79. The number of carbonyl (C=O) groups is 1. The maximum Gasteiger partial charge on any atom is 0.269 e. The summed E-state index contributed by atoms with van der Waals surface area (Å²) in [7, 11) is 0. The molecule has 8 heteroatoms. The number of unbranched alkanes of at least 4 members (excludes halogenated alkanes) is 2. The van der Waals surface area contributed by atoms with Crippen LogP contribution >= 0.6 is 0 Å². The molecule has 0 aliphatic heterocycles. The van der Waals surface area contributed by atoms with E-state index in [2.05, 4.69) is 22.4 Å². The van der Waals surface area contributed by atoms with Crippen LogP contribution in [0.4, 0.5) is 11.4 Å². The highest BCUT2D eigenvalue weighted by atomic mass is 16.6. The van der Waals surface area contributed by atoms with Crippen LogP contribution in [0.2, 0.25) is 0 Å². The first-order chi connectivity index (χ1) is 13.6. The van der Waals surface area contributed by atoms with Gasteiger partial charge in [-0.25, -0.2) is 0 Å². The largest absolute Gasteiger partial charge is 0.416 e. The number of anilines is 1. The molecule has 0 spiro atoms. The zero-order valence-electron chi connectivity index (χ0n) is 15.4. The number of rotatable bonds is 8. The lowest BCUT2D eigenvalue weighted by Crippen LogP contribution is -2.10. The van der Waals surface area contributed by atoms with Gasteiger partial charge >= 0.3 is 0 Å². The Bertz CT molecular complexity index is 949. The van der Waals surface area contributed by atoms with E-state index < -0.39 is 4.92 Å². The minimum absolute atomic E-state index is 0.000512. The van der Waals surface area contributed by atoms with Gasteiger partial charge in [0.15, 0.2) is 0 Å². The van der Waals surface area contributed by atoms with E-state index in [0.717, 1.165) is 19.3 Å². The number of benzene rings is 2. The summed E-state index contributed by atoms with van der Waals surface area (Å²) in [6.07, 6.45) is 3.51. The number of hydrogen-bond donors (Lipinski definition) is 1. The fourth-order valence-electron chi connectivity index (χ4n) is 2.64. The lowest BCUT2D eigenvalue weighted by Gasteiger charge is -2.05. The molecule has 144 valence electrons. The van der Waals surface area contributed by atoms with Crippen molar-refractivity contribution < 1.29 is 14.1 Å². The van der Waals surface area contributed by atoms with Gasteiger partial charge in [-0.2, -0.15) is 0 Å². The van der Waals surface area contributed by atoms with Crippen LogP contribution < -0.4 is 5.32 Å². The first-order valence-electron chi connectivity index (χ1n) is 9.05. The van der Waals surface area contributed by atoms with E-state index in [1.165, 1.54) is 12.1 Å². The molecule has 0 saturated heterocycles. The van der Waals surface area contributed by atoms with Gasteiger partial charge in [0, 0.05) is 35.4 Å². The van der Waals surface area contributed by atoms with E-state index >= 15 is 0 Å². The van der Waals surface area contributed by atoms with Crippen molar-refractivity contribution in [2.75, 3.05) is 5.32 Å². The summed E-state index contributed by atoms with van der Waals surface area (Å²) in [5.74, 6) is 0.604. The zero-order valence-corrected chi connectivity index (χ0v) is 15.4. The number of amides is 1. The van der Waals surface area contributed by atoms with Gasteiger partial charge in [0.2, 0.25) is 17.7 Å². The van der Waals surface area contributed by atoms with E-state index in [9.17, 15) is 14.9 Å². The normalized spacial score (nSPS) is 10.6. The summed E-state index contributed by atoms with van der Waals surface area (Å²) in [6, 6.07) is 13.0. The average molecular weight is 380 g/mol. The van der Waals surface area contributed by atoms with Gasteiger partial charge < -0.3 is 9.73 Å². The van der Waals surface area contributed by atoms with Crippen LogP contribution in [0.1, 0.15) is 32.6 Å². The Kier molecular flexibility index (Phi) is 6.11. The number of nitrogens with zero attached hydrogens (tertiary/aromatic N) is 3. The molecule has 0 bridgehead atoms. The van der Waals surface area contributed by atoms with Gasteiger partial charge in [0.1, 0.15) is 0 Å². The van der Waals surface area contributed by atoms with Crippen molar-refractivity contribution in [3.05, 3.63) is 58.6 Å². The molecule has 0 atom stereocenters. The summed E-state index contributed by atoms with van der Waals surface area (Å²) >= 11 is 0. The summed E-state index contributed by atoms with van der Waals surface area (Å²) in [4.78, 5) is 22.1. The van der Waals surface area contributed by atoms with Crippen LogP contribution in [0.25, 0.3) is 22.9 Å². The quantitative estimate of drug-likeness (QED) is 0.340. The van der Waals surface area contributed by atoms with E-state index in [1.54, 1.807) is 36.4 Å². The molecule has 1 N–H and O–H groups in total. The summed E-state index contributed by atoms with van der Waals surface area (Å²) < 4.78 is 5.66. The second-order valence-corrected chi connectivity index (χ2v) is 6.30. The van der Waals surface area contributed by atoms with Crippen LogP contribution in [0.15, 0.2) is 52.9 Å². The maximum atomic E-state index is 11.9. The van der Waals surface area contributed by atoms with Crippen LogP contribution in [-0.4, -0.2) is 21.0 Å². The zero-order chi connectivity index (χ0) is 19.9. The molecule has 0 aliphatic rings. The molecule has 2 aromatic carbocycles. The Balaban J connectivity index is 1.66. The van der Waals surface area contributed by atoms with Crippen LogP contribution in [0.3, 0.4) is 0 Å². The highest BCUT2D eigenvalue weighted by molar-refractivity contribution is 5.90. The Labute approximate surface area is 161 Å². The number of aromatic nitrogens is 2. The molecule has 28 heavy (non-hydrogen) atoms. The number of hydrogen-bond acceptors (Lipinski definition) is 6. The van der Waals surface area contributed by atoms with E-state index in [1.807, 2.05) is 0 Å². The first-order valence-corrected chi connectivity index (χ1v) is 9.05. The monoisotopic (exact) mass is 380 g/mol. The third-order valence-electron chi connectivity index (χ3n) is 4.17. The van der Waals surface area contributed by atoms with Crippen LogP contribution in [0, 0.1) is 10.1 Å². The Hall–Kier alpha value is -3.55. The fourth-order valence-corrected chi connectivity index (χ4v) is 2.64. The number of non-ortho nitro benzene ring substituents is 1. The van der Waals surface area contributed by atoms with Gasteiger partial charge in [-0.05, 0) is 42.8 Å². The highest BCUT2D eigenvalue weighted by Crippen LogP contribution is 2.26. The summed E-state index contributed by atoms with van der Waals surface area (Å²) in [6.45, 7) is 2.10. The Morgan fingerprint density at radius 3 is 2.11 bits per heavy atom. The smallest absolute Gasteiger partial charge is 0.269 e. The molecule has 3 aromatic rings. The van der Waals surface area contributed by atoms with Crippen molar-refractivity contribution in [1.82, 2.24) is 10.2 Å². The predicted molar refractivity (Wildman–Crippen MR) is 105 cm³/mol. The number of nitro benzene ring substituents is 1. The molecular formula is C20H20N4O4. The van der Waals surface area contributed by atoms with E-state index in [0.29, 0.717) is 29.1 Å². The molecule has 0 fully saturated rings. The van der Waals surface area contributed by atoms with E-state index in [4.69, 9.17) is 4.42 Å². The molecule has 0 radical (unpaired) electrons. The van der Waals surface area contributed by atoms with Crippen molar-refractivity contribution in [1.29, 1.82) is 0 Å². The van der Waals surface area contributed by atoms with Gasteiger partial charge in [-0.3, -0.25) is 14.9 Å².